The molecule has 6 heteroatoms. The largest absolute Gasteiger partial charge is 0.455 e. The van der Waals surface area contributed by atoms with Crippen LogP contribution in [-0.4, -0.2) is 30.9 Å². The number of anilines is 2. The van der Waals surface area contributed by atoms with Gasteiger partial charge in [-0.25, -0.2) is 0 Å². The van der Waals surface area contributed by atoms with Gasteiger partial charge in [-0.1, -0.05) is 37.3 Å². The average Bonchev–Trinajstić information content (AvgIpc) is 3.11. The zero-order valence-corrected chi connectivity index (χ0v) is 17.0. The molecule has 0 aromatic heterocycles. The summed E-state index contributed by atoms with van der Waals surface area (Å²) in [6.45, 7) is 5.77. The molecule has 1 heterocycles. The Bertz CT molecular complexity index is 901. The Morgan fingerprint density at radius 1 is 1.10 bits per heavy atom. The third kappa shape index (κ3) is 4.83. The van der Waals surface area contributed by atoms with Crippen molar-refractivity contribution in [2.75, 3.05) is 23.4 Å². The Hall–Kier alpha value is -3.15. The molecule has 152 valence electrons. The Balaban J connectivity index is 1.54. The van der Waals surface area contributed by atoms with E-state index in [9.17, 15) is 14.4 Å². The van der Waals surface area contributed by atoms with E-state index in [4.69, 9.17) is 4.74 Å². The third-order valence-corrected chi connectivity index (χ3v) is 5.21. The predicted molar refractivity (Wildman–Crippen MR) is 112 cm³/mol. The SMILES string of the molecule is CCc1ccc(N2C[C@H](C(=O)OCC(=O)Nc3c(C)cccc3C)CC2=O)cc1. The highest BCUT2D eigenvalue weighted by atomic mass is 16.5. The number of nitrogens with zero attached hydrogens (tertiary/aromatic N) is 1. The smallest absolute Gasteiger partial charge is 0.311 e. The van der Waals surface area contributed by atoms with Gasteiger partial charge in [-0.05, 0) is 49.1 Å². The van der Waals surface area contributed by atoms with E-state index in [2.05, 4.69) is 12.2 Å². The number of rotatable bonds is 6. The van der Waals surface area contributed by atoms with Gasteiger partial charge < -0.3 is 15.0 Å². The second-order valence-corrected chi connectivity index (χ2v) is 7.35. The summed E-state index contributed by atoms with van der Waals surface area (Å²) in [4.78, 5) is 38.5. The number of ether oxygens (including phenoxy) is 1. The van der Waals surface area contributed by atoms with Gasteiger partial charge in [0.15, 0.2) is 6.61 Å². The number of aryl methyl sites for hydroxylation is 3. The molecule has 0 radical (unpaired) electrons. The molecular weight excluding hydrogens is 368 g/mol. The van der Waals surface area contributed by atoms with Gasteiger partial charge in [0, 0.05) is 24.3 Å². The fourth-order valence-electron chi connectivity index (χ4n) is 3.47. The fourth-order valence-corrected chi connectivity index (χ4v) is 3.47. The molecule has 0 saturated carbocycles. The van der Waals surface area contributed by atoms with E-state index in [1.54, 1.807) is 4.90 Å². The van der Waals surface area contributed by atoms with Crippen molar-refractivity contribution in [2.24, 2.45) is 5.92 Å². The fraction of sp³-hybridized carbons (Fsp3) is 0.348. The summed E-state index contributed by atoms with van der Waals surface area (Å²) in [6.07, 6.45) is 1.01. The van der Waals surface area contributed by atoms with Gasteiger partial charge in [0.1, 0.15) is 0 Å². The van der Waals surface area contributed by atoms with E-state index in [1.165, 1.54) is 5.56 Å². The maximum absolute atomic E-state index is 12.4. The van der Waals surface area contributed by atoms with E-state index >= 15 is 0 Å². The first-order chi connectivity index (χ1) is 13.9. The van der Waals surface area contributed by atoms with Crippen molar-refractivity contribution in [3.8, 4) is 0 Å². The molecule has 1 N–H and O–H groups in total. The van der Waals surface area contributed by atoms with Crippen LogP contribution in [0.25, 0.3) is 0 Å². The summed E-state index contributed by atoms with van der Waals surface area (Å²) in [5, 5.41) is 2.79. The van der Waals surface area contributed by atoms with E-state index in [0.29, 0.717) is 0 Å². The lowest BCUT2D eigenvalue weighted by Gasteiger charge is -2.17. The Morgan fingerprint density at radius 3 is 2.38 bits per heavy atom. The molecule has 0 bridgehead atoms. The van der Waals surface area contributed by atoms with Crippen LogP contribution in [0.15, 0.2) is 42.5 Å². The second kappa shape index (κ2) is 8.90. The maximum Gasteiger partial charge on any atom is 0.311 e. The van der Waals surface area contributed by atoms with Crippen LogP contribution in [0.1, 0.15) is 30.0 Å². The van der Waals surface area contributed by atoms with E-state index in [-0.39, 0.29) is 25.5 Å². The van der Waals surface area contributed by atoms with Crippen molar-refractivity contribution in [1.29, 1.82) is 0 Å². The topological polar surface area (TPSA) is 75.7 Å². The van der Waals surface area contributed by atoms with E-state index < -0.39 is 17.8 Å². The summed E-state index contributed by atoms with van der Waals surface area (Å²) < 4.78 is 5.18. The van der Waals surface area contributed by atoms with Crippen LogP contribution in [0.4, 0.5) is 11.4 Å². The first-order valence-corrected chi connectivity index (χ1v) is 9.81. The van der Waals surface area contributed by atoms with E-state index in [0.717, 1.165) is 28.9 Å². The number of nitrogens with one attached hydrogen (secondary N) is 1. The van der Waals surface area contributed by atoms with Gasteiger partial charge >= 0.3 is 5.97 Å². The second-order valence-electron chi connectivity index (χ2n) is 7.35. The molecule has 29 heavy (non-hydrogen) atoms. The van der Waals surface area contributed by atoms with Crippen LogP contribution < -0.4 is 10.2 Å². The Kier molecular flexibility index (Phi) is 6.32. The van der Waals surface area contributed by atoms with Crippen LogP contribution in [0.2, 0.25) is 0 Å². The van der Waals surface area contributed by atoms with Crippen molar-refractivity contribution in [2.45, 2.75) is 33.6 Å². The number of carbonyl (C=O) groups is 3. The monoisotopic (exact) mass is 394 g/mol. The number of para-hydroxylation sites is 1. The highest BCUT2D eigenvalue weighted by molar-refractivity contribution is 6.00. The maximum atomic E-state index is 12.4. The van der Waals surface area contributed by atoms with Crippen LogP contribution in [0.3, 0.4) is 0 Å². The lowest BCUT2D eigenvalue weighted by molar-refractivity contribution is -0.151. The molecular formula is C23H26N2O4. The number of benzene rings is 2. The molecule has 3 rings (SSSR count). The zero-order valence-electron chi connectivity index (χ0n) is 17.0. The molecule has 2 amide bonds. The van der Waals surface area contributed by atoms with Gasteiger partial charge in [-0.3, -0.25) is 14.4 Å². The standard InChI is InChI=1S/C23H26N2O4/c1-4-17-8-10-19(11-9-17)25-13-18(12-21(25)27)23(28)29-14-20(26)24-22-15(2)6-5-7-16(22)3/h5-11,18H,4,12-14H2,1-3H3,(H,24,26)/t18-/m1/s1. The molecule has 2 aromatic rings. The quantitative estimate of drug-likeness (QED) is 0.762. The third-order valence-electron chi connectivity index (χ3n) is 5.21. The average molecular weight is 394 g/mol. The highest BCUT2D eigenvalue weighted by Crippen LogP contribution is 2.26. The number of amides is 2. The molecule has 0 aliphatic carbocycles. The summed E-state index contributed by atoms with van der Waals surface area (Å²) >= 11 is 0. The van der Waals surface area contributed by atoms with Crippen molar-refractivity contribution in [3.05, 3.63) is 59.2 Å². The molecule has 1 saturated heterocycles. The number of carbonyl (C=O) groups excluding carboxylic acids is 3. The first kappa shape index (κ1) is 20.6. The number of hydrogen-bond donors (Lipinski definition) is 1. The molecule has 1 aliphatic heterocycles. The van der Waals surface area contributed by atoms with Crippen LogP contribution in [0.5, 0.6) is 0 Å². The molecule has 1 atom stereocenters. The van der Waals surface area contributed by atoms with Crippen molar-refractivity contribution < 1.29 is 19.1 Å². The van der Waals surface area contributed by atoms with Crippen molar-refractivity contribution in [1.82, 2.24) is 0 Å². The van der Waals surface area contributed by atoms with Gasteiger partial charge in [0.25, 0.3) is 5.91 Å². The first-order valence-electron chi connectivity index (χ1n) is 9.81. The molecule has 0 unspecified atom stereocenters. The van der Waals surface area contributed by atoms with Crippen molar-refractivity contribution in [3.63, 3.8) is 0 Å². The molecule has 1 fully saturated rings. The summed E-state index contributed by atoms with van der Waals surface area (Å²) in [6, 6.07) is 13.5. The minimum absolute atomic E-state index is 0.0902. The van der Waals surface area contributed by atoms with Crippen LogP contribution >= 0.6 is 0 Å². The molecule has 2 aromatic carbocycles. The summed E-state index contributed by atoms with van der Waals surface area (Å²) in [5.74, 6) is -1.60. The molecule has 0 spiro atoms. The van der Waals surface area contributed by atoms with Gasteiger partial charge in [0.2, 0.25) is 5.91 Å². The summed E-state index contributed by atoms with van der Waals surface area (Å²) in [5.41, 5.74) is 4.57. The lowest BCUT2D eigenvalue weighted by atomic mass is 10.1. The van der Waals surface area contributed by atoms with Crippen LogP contribution in [0, 0.1) is 19.8 Å². The van der Waals surface area contributed by atoms with E-state index in [1.807, 2.05) is 56.3 Å². The predicted octanol–water partition coefficient (Wildman–Crippen LogP) is 3.40. The highest BCUT2D eigenvalue weighted by Gasteiger charge is 2.36. The Morgan fingerprint density at radius 2 is 1.76 bits per heavy atom. The Labute approximate surface area is 170 Å². The van der Waals surface area contributed by atoms with Gasteiger partial charge in [0.05, 0.1) is 5.92 Å². The number of esters is 1. The minimum Gasteiger partial charge on any atom is -0.455 e. The minimum atomic E-state index is -0.568. The molecule has 6 nitrogen and oxygen atoms in total. The number of hydrogen-bond acceptors (Lipinski definition) is 4. The van der Waals surface area contributed by atoms with Gasteiger partial charge in [-0.15, -0.1) is 0 Å². The molecule has 1 aliphatic rings. The van der Waals surface area contributed by atoms with Gasteiger partial charge in [-0.2, -0.15) is 0 Å². The lowest BCUT2D eigenvalue weighted by Crippen LogP contribution is -2.28. The van der Waals surface area contributed by atoms with Crippen molar-refractivity contribution >= 4 is 29.2 Å². The van der Waals surface area contributed by atoms with Crippen LogP contribution in [-0.2, 0) is 25.5 Å². The normalized spacial score (nSPS) is 16.0. The summed E-state index contributed by atoms with van der Waals surface area (Å²) in [7, 11) is 0. The zero-order chi connectivity index (χ0) is 21.0.